The second-order valence-electron chi connectivity index (χ2n) is 7.05. The van der Waals surface area contributed by atoms with Crippen LogP contribution in [0, 0.1) is 0 Å². The standard InChI is InChI=1S/C22H21ClN4O3/c1-30-22(29)20(15-6-8-16(23)9-7-15)26-10-12-27(13-11-26)21(28)19-14-24-17-4-2-3-5-18(17)25-19/h2-9,14,20H,10-13H2,1H3. The van der Waals surface area contributed by atoms with Crippen molar-refractivity contribution in [1.29, 1.82) is 0 Å². The van der Waals surface area contributed by atoms with Crippen LogP contribution in [0.15, 0.2) is 54.7 Å². The molecular formula is C22H21ClN4O3. The fraction of sp³-hybridized carbons (Fsp3) is 0.273. The van der Waals surface area contributed by atoms with Crippen molar-refractivity contribution >= 4 is 34.5 Å². The lowest BCUT2D eigenvalue weighted by atomic mass is 10.0. The molecule has 7 nitrogen and oxygen atoms in total. The number of esters is 1. The van der Waals surface area contributed by atoms with E-state index in [9.17, 15) is 9.59 Å². The Morgan fingerprint density at radius 1 is 1.00 bits per heavy atom. The van der Waals surface area contributed by atoms with E-state index in [2.05, 4.69) is 9.97 Å². The lowest BCUT2D eigenvalue weighted by molar-refractivity contribution is -0.148. The van der Waals surface area contributed by atoms with Gasteiger partial charge in [-0.15, -0.1) is 0 Å². The molecule has 1 amide bonds. The van der Waals surface area contributed by atoms with Crippen molar-refractivity contribution in [2.24, 2.45) is 0 Å². The third-order valence-corrected chi connectivity index (χ3v) is 5.50. The average molecular weight is 425 g/mol. The number of piperazine rings is 1. The van der Waals surface area contributed by atoms with Gasteiger partial charge in [-0.05, 0) is 29.8 Å². The Balaban J connectivity index is 1.47. The van der Waals surface area contributed by atoms with Crippen molar-refractivity contribution in [3.8, 4) is 0 Å². The largest absolute Gasteiger partial charge is 0.468 e. The molecule has 1 aromatic heterocycles. The fourth-order valence-electron chi connectivity index (χ4n) is 3.66. The molecule has 3 aromatic rings. The molecule has 0 spiro atoms. The van der Waals surface area contributed by atoms with Crippen molar-refractivity contribution in [2.45, 2.75) is 6.04 Å². The van der Waals surface area contributed by atoms with Crippen molar-refractivity contribution in [3.63, 3.8) is 0 Å². The molecule has 1 unspecified atom stereocenters. The summed E-state index contributed by atoms with van der Waals surface area (Å²) < 4.78 is 5.02. The van der Waals surface area contributed by atoms with Crippen LogP contribution in [0.5, 0.6) is 0 Å². The molecule has 4 rings (SSSR count). The zero-order valence-electron chi connectivity index (χ0n) is 16.5. The zero-order chi connectivity index (χ0) is 21.1. The fourth-order valence-corrected chi connectivity index (χ4v) is 3.78. The molecule has 8 heteroatoms. The first-order chi connectivity index (χ1) is 14.6. The van der Waals surface area contributed by atoms with Gasteiger partial charge in [0, 0.05) is 31.2 Å². The molecule has 154 valence electrons. The van der Waals surface area contributed by atoms with Gasteiger partial charge < -0.3 is 9.64 Å². The lowest BCUT2D eigenvalue weighted by Crippen LogP contribution is -2.51. The minimum absolute atomic E-state index is 0.158. The van der Waals surface area contributed by atoms with Crippen LogP contribution in [-0.4, -0.2) is 64.9 Å². The molecule has 30 heavy (non-hydrogen) atoms. The van der Waals surface area contributed by atoms with Gasteiger partial charge in [0.05, 0.1) is 24.3 Å². The number of halogens is 1. The third kappa shape index (κ3) is 4.13. The summed E-state index contributed by atoms with van der Waals surface area (Å²) in [5.41, 5.74) is 2.58. The van der Waals surface area contributed by atoms with Crippen LogP contribution < -0.4 is 0 Å². The predicted molar refractivity (Wildman–Crippen MR) is 113 cm³/mol. The molecule has 0 aliphatic carbocycles. The van der Waals surface area contributed by atoms with Crippen LogP contribution in [0.4, 0.5) is 0 Å². The minimum Gasteiger partial charge on any atom is -0.468 e. The number of amides is 1. The average Bonchev–Trinajstić information content (AvgIpc) is 2.80. The number of carbonyl (C=O) groups excluding carboxylic acids is 2. The Labute approximate surface area is 179 Å². The maximum atomic E-state index is 12.9. The summed E-state index contributed by atoms with van der Waals surface area (Å²) in [5.74, 6) is -0.494. The first kappa shape index (κ1) is 20.3. The van der Waals surface area contributed by atoms with Gasteiger partial charge in [-0.2, -0.15) is 0 Å². The Kier molecular flexibility index (Phi) is 5.92. The smallest absolute Gasteiger partial charge is 0.327 e. The monoisotopic (exact) mass is 424 g/mol. The van der Waals surface area contributed by atoms with Crippen LogP contribution in [-0.2, 0) is 9.53 Å². The van der Waals surface area contributed by atoms with Gasteiger partial charge in [-0.3, -0.25) is 14.7 Å². The van der Waals surface area contributed by atoms with Gasteiger partial charge in [0.25, 0.3) is 5.91 Å². The number of rotatable bonds is 4. The third-order valence-electron chi connectivity index (χ3n) is 5.24. The van der Waals surface area contributed by atoms with Crippen molar-refractivity contribution < 1.29 is 14.3 Å². The predicted octanol–water partition coefficient (Wildman–Crippen LogP) is 2.96. The summed E-state index contributed by atoms with van der Waals surface area (Å²) in [6, 6.07) is 14.1. The molecule has 1 saturated heterocycles. The van der Waals surface area contributed by atoms with Crippen LogP contribution in [0.1, 0.15) is 22.1 Å². The summed E-state index contributed by atoms with van der Waals surface area (Å²) in [6.45, 7) is 2.03. The molecular weight excluding hydrogens is 404 g/mol. The zero-order valence-corrected chi connectivity index (χ0v) is 17.2. The normalized spacial score (nSPS) is 15.7. The Hall–Kier alpha value is -3.03. The van der Waals surface area contributed by atoms with E-state index in [-0.39, 0.29) is 11.9 Å². The minimum atomic E-state index is -0.537. The number of benzene rings is 2. The highest BCUT2D eigenvalue weighted by Crippen LogP contribution is 2.25. The summed E-state index contributed by atoms with van der Waals surface area (Å²) >= 11 is 5.98. The Bertz CT molecular complexity index is 1070. The van der Waals surface area contributed by atoms with E-state index in [1.807, 2.05) is 41.3 Å². The highest BCUT2D eigenvalue weighted by Gasteiger charge is 2.32. The number of aromatic nitrogens is 2. The maximum Gasteiger partial charge on any atom is 0.327 e. The van der Waals surface area contributed by atoms with E-state index >= 15 is 0 Å². The topological polar surface area (TPSA) is 75.6 Å². The number of fused-ring (bicyclic) bond motifs is 1. The van der Waals surface area contributed by atoms with Gasteiger partial charge in [0.1, 0.15) is 11.7 Å². The van der Waals surface area contributed by atoms with Gasteiger partial charge in [-0.25, -0.2) is 9.78 Å². The highest BCUT2D eigenvalue weighted by molar-refractivity contribution is 6.30. The summed E-state index contributed by atoms with van der Waals surface area (Å²) in [7, 11) is 1.38. The second-order valence-corrected chi connectivity index (χ2v) is 7.49. The van der Waals surface area contributed by atoms with Crippen molar-refractivity contribution in [1.82, 2.24) is 19.8 Å². The number of hydrogen-bond acceptors (Lipinski definition) is 6. The van der Waals surface area contributed by atoms with E-state index in [4.69, 9.17) is 16.3 Å². The molecule has 0 saturated carbocycles. The van der Waals surface area contributed by atoms with Crippen LogP contribution >= 0.6 is 11.6 Å². The number of hydrogen-bond donors (Lipinski definition) is 0. The molecule has 1 aliphatic heterocycles. The molecule has 0 N–H and O–H groups in total. The SMILES string of the molecule is COC(=O)C(c1ccc(Cl)cc1)N1CCN(C(=O)c2cnc3ccccc3n2)CC1. The molecule has 0 radical (unpaired) electrons. The van der Waals surface area contributed by atoms with Gasteiger partial charge >= 0.3 is 5.97 Å². The maximum absolute atomic E-state index is 12.9. The number of ether oxygens (including phenoxy) is 1. The molecule has 0 bridgehead atoms. The molecule has 1 atom stereocenters. The first-order valence-corrected chi connectivity index (χ1v) is 10.0. The second kappa shape index (κ2) is 8.77. The first-order valence-electron chi connectivity index (χ1n) is 9.65. The summed E-state index contributed by atoms with van der Waals surface area (Å²) in [4.78, 5) is 37.9. The lowest BCUT2D eigenvalue weighted by Gasteiger charge is -2.38. The molecule has 2 heterocycles. The van der Waals surface area contributed by atoms with Gasteiger partial charge in [0.2, 0.25) is 0 Å². The van der Waals surface area contributed by atoms with Crippen molar-refractivity contribution in [3.05, 3.63) is 71.0 Å². The van der Waals surface area contributed by atoms with E-state index in [0.717, 1.165) is 11.1 Å². The van der Waals surface area contributed by atoms with Crippen molar-refractivity contribution in [2.75, 3.05) is 33.3 Å². The van der Waals surface area contributed by atoms with Crippen LogP contribution in [0.25, 0.3) is 11.0 Å². The summed E-state index contributed by atoms with van der Waals surface area (Å²) in [5, 5.41) is 0.606. The Morgan fingerprint density at radius 2 is 1.67 bits per heavy atom. The molecule has 1 aliphatic rings. The van der Waals surface area contributed by atoms with E-state index in [1.165, 1.54) is 13.3 Å². The van der Waals surface area contributed by atoms with Crippen LogP contribution in [0.3, 0.4) is 0 Å². The van der Waals surface area contributed by atoms with E-state index < -0.39 is 6.04 Å². The van der Waals surface area contributed by atoms with Gasteiger partial charge in [-0.1, -0.05) is 35.9 Å². The molecule has 1 fully saturated rings. The van der Waals surface area contributed by atoms with E-state index in [0.29, 0.717) is 42.4 Å². The summed E-state index contributed by atoms with van der Waals surface area (Å²) in [6.07, 6.45) is 1.52. The quantitative estimate of drug-likeness (QED) is 0.599. The highest BCUT2D eigenvalue weighted by atomic mass is 35.5. The number of para-hydroxylation sites is 2. The molecule has 2 aromatic carbocycles. The van der Waals surface area contributed by atoms with Crippen LogP contribution in [0.2, 0.25) is 5.02 Å². The number of nitrogens with zero attached hydrogens (tertiary/aromatic N) is 4. The van der Waals surface area contributed by atoms with E-state index in [1.54, 1.807) is 17.0 Å². The number of methoxy groups -OCH3 is 1. The number of carbonyl (C=O) groups is 2. The Morgan fingerprint density at radius 3 is 2.33 bits per heavy atom. The van der Waals surface area contributed by atoms with Gasteiger partial charge in [0.15, 0.2) is 0 Å².